The van der Waals surface area contributed by atoms with E-state index < -0.39 is 0 Å². The first kappa shape index (κ1) is 40.5. The summed E-state index contributed by atoms with van der Waals surface area (Å²) >= 11 is 2.05. The van der Waals surface area contributed by atoms with E-state index in [-0.39, 0.29) is 23.3 Å². The first-order valence-corrected chi connectivity index (χ1v) is 24.9. The minimum absolute atomic E-state index is 0.00275. The number of aryl methyl sites for hydroxylation is 2. The van der Waals surface area contributed by atoms with Gasteiger partial charge in [-0.2, -0.15) is 0 Å². The summed E-state index contributed by atoms with van der Waals surface area (Å²) in [5.41, 5.74) is 20.6. The van der Waals surface area contributed by atoms with Crippen molar-refractivity contribution in [2.45, 2.75) is 39.9 Å². The molecule has 1 aliphatic carbocycles. The molecule has 2 atom stereocenters. The van der Waals surface area contributed by atoms with Crippen LogP contribution in [0.15, 0.2) is 212 Å². The topological polar surface area (TPSA) is 45.9 Å². The van der Waals surface area contributed by atoms with E-state index in [0.717, 1.165) is 78.1 Å². The molecule has 69 heavy (non-hydrogen) atoms. The third-order valence-electron chi connectivity index (χ3n) is 14.8. The highest BCUT2D eigenvalue weighted by molar-refractivity contribution is 8.06. The third-order valence-corrected chi connectivity index (χ3v) is 16.2. The molecule has 4 aliphatic rings. The lowest BCUT2D eigenvalue weighted by molar-refractivity contribution is 0.507. The summed E-state index contributed by atoms with van der Waals surface area (Å²) < 4.78 is 19.2. The number of allylic oxidation sites excluding steroid dienone is 3. The van der Waals surface area contributed by atoms with Crippen molar-refractivity contribution in [3.8, 4) is 33.8 Å². The smallest absolute Gasteiger partial charge is 0.259 e. The van der Waals surface area contributed by atoms with Crippen LogP contribution < -0.4 is 20.7 Å². The van der Waals surface area contributed by atoms with Crippen molar-refractivity contribution in [3.63, 3.8) is 0 Å². The average Bonchev–Trinajstić information content (AvgIpc) is 4.18. The molecule has 0 radical (unpaired) electrons. The molecule has 0 saturated heterocycles. The van der Waals surface area contributed by atoms with Gasteiger partial charge >= 0.3 is 0 Å². The van der Waals surface area contributed by atoms with Crippen LogP contribution in [0.1, 0.15) is 31.9 Å². The van der Waals surface area contributed by atoms with Gasteiger partial charge in [0.15, 0.2) is 0 Å². The van der Waals surface area contributed by atoms with Gasteiger partial charge in [0.05, 0.1) is 12.0 Å². The zero-order chi connectivity index (χ0) is 46.3. The summed E-state index contributed by atoms with van der Waals surface area (Å²) in [4.78, 5) is 6.57. The normalized spacial score (nSPS) is 17.2. The predicted octanol–water partition coefficient (Wildman–Crippen LogP) is 16.1. The van der Waals surface area contributed by atoms with E-state index in [4.69, 9.17) is 13.3 Å². The lowest BCUT2D eigenvalue weighted by Crippen LogP contribution is -2.55. The number of thioether (sulfide) groups is 1. The Morgan fingerprint density at radius 3 is 1.96 bits per heavy atom. The Balaban J connectivity index is 1.01. The molecule has 0 amide bonds. The second-order valence-corrected chi connectivity index (χ2v) is 21.3. The number of hydrogen-bond donors (Lipinski definition) is 0. The van der Waals surface area contributed by atoms with Crippen molar-refractivity contribution in [2.75, 3.05) is 9.80 Å². The van der Waals surface area contributed by atoms with Gasteiger partial charge in [0.2, 0.25) is 0 Å². The van der Waals surface area contributed by atoms with Crippen LogP contribution in [0.25, 0.3) is 66.7 Å². The largest absolute Gasteiger partial charge is 0.464 e. The maximum Gasteiger partial charge on any atom is 0.259 e. The van der Waals surface area contributed by atoms with E-state index in [1.165, 1.54) is 55.2 Å². The zero-order valence-electron chi connectivity index (χ0n) is 39.1. The standard InChI is InChI=1S/C62H47BN2O3S/c1-36-28-42(47-35-66-54-23-11-8-18-45(47)54)29-37(2)59(36)65-50-20-13-19-49-58(50)63(61-60(65)46-34-43(62(3,4)5)25-27-57(46)69-61)48-26-24-41(56-33-40-15-7-10-22-53(40)68-56)31-51(48)64(49)44-17-12-16-38(30-44)55-32-39-14-6-9-21-52(39)67-55/h6-35,46,57H,1-5H3. The molecule has 0 bridgehead atoms. The van der Waals surface area contributed by atoms with Crippen molar-refractivity contribution in [2.24, 2.45) is 11.3 Å². The number of fused-ring (bicyclic) bond motifs is 8. The fraction of sp³-hybridized carbons (Fsp3) is 0.129. The Morgan fingerprint density at radius 1 is 0.594 bits per heavy atom. The molecule has 0 saturated carbocycles. The molecule has 10 aromatic rings. The van der Waals surface area contributed by atoms with Crippen LogP contribution in [0.2, 0.25) is 0 Å². The van der Waals surface area contributed by atoms with Gasteiger partial charge in [0.25, 0.3) is 6.71 Å². The Bertz CT molecular complexity index is 3800. The van der Waals surface area contributed by atoms with Crippen molar-refractivity contribution in [1.82, 2.24) is 0 Å². The van der Waals surface area contributed by atoms with Gasteiger partial charge in [0.1, 0.15) is 28.3 Å². The molecule has 5 nitrogen and oxygen atoms in total. The Morgan fingerprint density at radius 2 is 1.25 bits per heavy atom. The first-order valence-electron chi connectivity index (χ1n) is 24.0. The van der Waals surface area contributed by atoms with Crippen LogP contribution in [0.3, 0.4) is 0 Å². The van der Waals surface area contributed by atoms with Crippen LogP contribution in [-0.2, 0) is 0 Å². The number of hydrogen-bond acceptors (Lipinski definition) is 6. The van der Waals surface area contributed by atoms with Crippen molar-refractivity contribution >= 4 is 90.7 Å². The zero-order valence-corrected chi connectivity index (χ0v) is 39.9. The number of para-hydroxylation sites is 3. The van der Waals surface area contributed by atoms with Crippen molar-refractivity contribution < 1.29 is 13.3 Å². The Hall–Kier alpha value is -7.61. The number of rotatable bonds is 5. The fourth-order valence-electron chi connectivity index (χ4n) is 11.6. The van der Waals surface area contributed by atoms with Crippen LogP contribution in [0, 0.1) is 25.2 Å². The van der Waals surface area contributed by atoms with E-state index in [9.17, 15) is 0 Å². The van der Waals surface area contributed by atoms with E-state index in [2.05, 4.69) is 196 Å². The third kappa shape index (κ3) is 6.19. The van der Waals surface area contributed by atoms with Crippen LogP contribution in [-0.4, -0.2) is 12.0 Å². The number of nitrogens with zero attached hydrogens (tertiary/aromatic N) is 2. The highest BCUT2D eigenvalue weighted by Gasteiger charge is 2.51. The summed E-state index contributed by atoms with van der Waals surface area (Å²) in [6, 6.07) is 56.7. The number of anilines is 5. The average molecular weight is 911 g/mol. The molecule has 0 fully saturated rings. The van der Waals surface area contributed by atoms with Gasteiger partial charge < -0.3 is 23.1 Å². The van der Waals surface area contributed by atoms with Crippen LogP contribution >= 0.6 is 11.8 Å². The first-order chi connectivity index (χ1) is 33.6. The van der Waals surface area contributed by atoms with Crippen molar-refractivity contribution in [3.05, 3.63) is 209 Å². The molecule has 0 N–H and O–H groups in total. The second kappa shape index (κ2) is 14.9. The van der Waals surface area contributed by atoms with Gasteiger partial charge in [-0.05, 0) is 130 Å². The molecule has 6 heterocycles. The lowest BCUT2D eigenvalue weighted by atomic mass is 9.36. The summed E-state index contributed by atoms with van der Waals surface area (Å²) in [5.74, 6) is 1.88. The van der Waals surface area contributed by atoms with Crippen molar-refractivity contribution in [1.29, 1.82) is 0 Å². The molecule has 0 spiro atoms. The van der Waals surface area contributed by atoms with E-state index in [1.807, 2.05) is 42.7 Å². The maximum absolute atomic E-state index is 6.58. The minimum atomic E-state index is 0.00275. The Labute approximate surface area is 406 Å². The fourth-order valence-corrected chi connectivity index (χ4v) is 13.2. The van der Waals surface area contributed by atoms with Gasteiger partial charge in [-0.3, -0.25) is 0 Å². The predicted molar refractivity (Wildman–Crippen MR) is 288 cm³/mol. The molecule has 7 heteroatoms. The van der Waals surface area contributed by atoms with Crippen LogP contribution in [0.4, 0.5) is 28.4 Å². The molecule has 332 valence electrons. The van der Waals surface area contributed by atoms with Crippen LogP contribution in [0.5, 0.6) is 0 Å². The summed E-state index contributed by atoms with van der Waals surface area (Å²) in [7, 11) is 0. The summed E-state index contributed by atoms with van der Waals surface area (Å²) in [6.45, 7) is 11.6. The highest BCUT2D eigenvalue weighted by atomic mass is 32.2. The molecule has 14 rings (SSSR count). The monoisotopic (exact) mass is 910 g/mol. The summed E-state index contributed by atoms with van der Waals surface area (Å²) in [6.07, 6.45) is 9.37. The second-order valence-electron chi connectivity index (χ2n) is 20.1. The summed E-state index contributed by atoms with van der Waals surface area (Å²) in [5, 5.41) is 3.57. The molecule has 7 aromatic carbocycles. The maximum atomic E-state index is 6.58. The SMILES string of the molecule is Cc1cc(-c2coc3ccccc23)cc(C)c1N1C2=C(SC3C=CC(C(C)(C)C)=CC23)B2c3ccc(-c4cc5ccccc5o4)cc3N(c3cccc(-c4cc5ccccc5o4)c3)c3cccc1c32. The Kier molecular flexibility index (Phi) is 8.76. The minimum Gasteiger partial charge on any atom is -0.464 e. The van der Waals surface area contributed by atoms with E-state index in [1.54, 1.807) is 0 Å². The molecule has 2 unspecified atom stereocenters. The molecular weight excluding hydrogens is 864 g/mol. The highest BCUT2D eigenvalue weighted by Crippen LogP contribution is 2.57. The van der Waals surface area contributed by atoms with Gasteiger partial charge in [-0.15, -0.1) is 11.8 Å². The van der Waals surface area contributed by atoms with E-state index >= 15 is 0 Å². The van der Waals surface area contributed by atoms with Gasteiger partial charge in [-0.25, -0.2) is 0 Å². The van der Waals surface area contributed by atoms with Gasteiger partial charge in [0, 0.05) is 72.5 Å². The molecule has 3 aromatic heterocycles. The van der Waals surface area contributed by atoms with E-state index in [0.29, 0.717) is 0 Å². The quantitative estimate of drug-likeness (QED) is 0.160. The molecule has 3 aliphatic heterocycles. The lowest BCUT2D eigenvalue weighted by Gasteiger charge is -2.45. The van der Waals surface area contributed by atoms with Gasteiger partial charge in [-0.1, -0.05) is 124 Å². The number of furan rings is 3. The number of benzene rings is 7. The molecular formula is C62H47BN2O3S.